The van der Waals surface area contributed by atoms with Crippen molar-refractivity contribution in [2.75, 3.05) is 27.8 Å². The molecule has 306 valence electrons. The number of methoxy groups -OCH3 is 1. The maximum Gasteiger partial charge on any atom is 0.309 e. The predicted molar refractivity (Wildman–Crippen MR) is 192 cm³/mol. The third-order valence-electron chi connectivity index (χ3n) is 10.5. The number of ether oxygens (including phenoxy) is 7. The fourth-order valence-corrected chi connectivity index (χ4v) is 7.47. The Kier molecular flexibility index (Phi) is 17.8. The lowest BCUT2D eigenvalue weighted by Crippen LogP contribution is -2.65. The van der Waals surface area contributed by atoms with Crippen molar-refractivity contribution in [1.29, 1.82) is 0 Å². The Balaban J connectivity index is 2.04. The largest absolute Gasteiger partial charge is 0.462 e. The van der Waals surface area contributed by atoms with Crippen LogP contribution in [0.25, 0.3) is 0 Å². The Labute approximate surface area is 314 Å². The van der Waals surface area contributed by atoms with E-state index in [-0.39, 0.29) is 38.2 Å². The summed E-state index contributed by atoms with van der Waals surface area (Å²) in [6, 6.07) is -0.730. The van der Waals surface area contributed by atoms with Gasteiger partial charge in [-0.1, -0.05) is 38.2 Å². The lowest BCUT2D eigenvalue weighted by atomic mass is 9.82. The highest BCUT2D eigenvalue weighted by Gasteiger charge is 2.52. The molecule has 15 heteroatoms. The molecule has 3 heterocycles. The van der Waals surface area contributed by atoms with E-state index in [1.807, 2.05) is 13.0 Å². The van der Waals surface area contributed by atoms with Crippen LogP contribution in [-0.2, 0) is 42.7 Å². The summed E-state index contributed by atoms with van der Waals surface area (Å²) in [6.45, 7) is 9.87. The van der Waals surface area contributed by atoms with Gasteiger partial charge in [-0.05, 0) is 66.5 Å². The molecule has 3 aliphatic rings. The number of hydrogen-bond donors (Lipinski definition) is 5. The van der Waals surface area contributed by atoms with Gasteiger partial charge in [-0.3, -0.25) is 9.59 Å². The van der Waals surface area contributed by atoms with Crippen LogP contribution in [0.5, 0.6) is 0 Å². The van der Waals surface area contributed by atoms with E-state index in [0.29, 0.717) is 12.8 Å². The molecule has 15 nitrogen and oxygen atoms in total. The molecule has 3 rings (SSSR count). The number of aliphatic hydroxyl groups is 5. The van der Waals surface area contributed by atoms with Crippen LogP contribution in [0.15, 0.2) is 24.3 Å². The normalized spacial score (nSPS) is 43.5. The number of rotatable bonds is 10. The van der Waals surface area contributed by atoms with Gasteiger partial charge < -0.3 is 63.6 Å². The second kappa shape index (κ2) is 20.8. The molecule has 0 spiro atoms. The Morgan fingerprint density at radius 1 is 1.02 bits per heavy atom. The van der Waals surface area contributed by atoms with Crippen molar-refractivity contribution in [3.8, 4) is 0 Å². The van der Waals surface area contributed by atoms with Crippen molar-refractivity contribution in [3.05, 3.63) is 24.3 Å². The molecule has 0 aromatic heterocycles. The highest BCUT2D eigenvalue weighted by Crippen LogP contribution is 2.37. The molecule has 0 saturated carbocycles. The first-order valence-electron chi connectivity index (χ1n) is 18.8. The average Bonchev–Trinajstić information content (AvgIpc) is 3.07. The maximum absolute atomic E-state index is 13.3. The van der Waals surface area contributed by atoms with Gasteiger partial charge in [-0.2, -0.15) is 0 Å². The quantitative estimate of drug-likeness (QED) is 0.201. The first-order valence-corrected chi connectivity index (χ1v) is 18.8. The Morgan fingerprint density at radius 2 is 1.72 bits per heavy atom. The number of cyclic esters (lactones) is 1. The van der Waals surface area contributed by atoms with E-state index in [9.17, 15) is 35.1 Å². The summed E-state index contributed by atoms with van der Waals surface area (Å²) in [5.74, 6) is -2.10. The third kappa shape index (κ3) is 12.5. The zero-order valence-corrected chi connectivity index (χ0v) is 32.8. The molecular weight excluding hydrogens is 694 g/mol. The van der Waals surface area contributed by atoms with Gasteiger partial charge in [-0.25, -0.2) is 0 Å². The summed E-state index contributed by atoms with van der Waals surface area (Å²) in [6.07, 6.45) is -4.08. The first kappa shape index (κ1) is 45.4. The Hall–Kier alpha value is -2.02. The Bertz CT molecular complexity index is 1200. The number of esters is 2. The smallest absolute Gasteiger partial charge is 0.309 e. The third-order valence-corrected chi connectivity index (χ3v) is 10.5. The van der Waals surface area contributed by atoms with E-state index < -0.39 is 103 Å². The summed E-state index contributed by atoms with van der Waals surface area (Å²) >= 11 is 0. The van der Waals surface area contributed by atoms with Crippen LogP contribution in [0.2, 0.25) is 0 Å². The summed E-state index contributed by atoms with van der Waals surface area (Å²) in [7, 11) is 4.92. The number of aliphatic hydroxyl groups excluding tert-OH is 4. The molecule has 0 aliphatic carbocycles. The molecule has 16 atom stereocenters. The molecule has 53 heavy (non-hydrogen) atoms. The first-order chi connectivity index (χ1) is 24.9. The average molecular weight is 760 g/mol. The summed E-state index contributed by atoms with van der Waals surface area (Å²) in [5.41, 5.74) is -1.47. The van der Waals surface area contributed by atoms with Gasteiger partial charge in [0.05, 0.1) is 42.5 Å². The van der Waals surface area contributed by atoms with Gasteiger partial charge in [0.15, 0.2) is 12.6 Å². The molecule has 5 N–H and O–H groups in total. The molecule has 3 aliphatic heterocycles. The highest BCUT2D eigenvalue weighted by molar-refractivity contribution is 5.72. The molecule has 0 aromatic rings. The molecule has 0 bridgehead atoms. The molecule has 0 unspecified atom stereocenters. The van der Waals surface area contributed by atoms with E-state index in [0.717, 1.165) is 0 Å². The number of hydrogen-bond acceptors (Lipinski definition) is 15. The SMILES string of the molecule is CCC(=O)O[C@@H]1CC(=O)O[C@H](C)C/C=C/C=C/[C@H](O)[C@H](C)C[C@H](CCO)[C@H](O[C@@H]2O[C@H](C)[C@@H](O[C@H]3C[C@@](C)(O)[C@@H](O)[C@H](C)O3)[C@H](N(C)C)[C@H]2O)[C@H]1OC. The number of likely N-dealkylation sites (N-methyl/N-ethyl adjacent to an activating group) is 1. The van der Waals surface area contributed by atoms with Crippen LogP contribution in [0.1, 0.15) is 80.1 Å². The molecule has 0 amide bonds. The van der Waals surface area contributed by atoms with Gasteiger partial charge in [0.2, 0.25) is 0 Å². The molecule has 0 radical (unpaired) electrons. The minimum Gasteiger partial charge on any atom is -0.462 e. The molecular formula is C38H65NO14. The van der Waals surface area contributed by atoms with Gasteiger partial charge in [-0.15, -0.1) is 0 Å². The van der Waals surface area contributed by atoms with Gasteiger partial charge in [0, 0.05) is 33.0 Å². The van der Waals surface area contributed by atoms with Crippen molar-refractivity contribution in [1.82, 2.24) is 4.90 Å². The predicted octanol–water partition coefficient (Wildman–Crippen LogP) is 1.60. The maximum atomic E-state index is 13.3. The minimum absolute atomic E-state index is 0.0209. The fourth-order valence-electron chi connectivity index (χ4n) is 7.47. The van der Waals surface area contributed by atoms with E-state index in [2.05, 4.69) is 0 Å². The van der Waals surface area contributed by atoms with Crippen molar-refractivity contribution < 1.29 is 68.3 Å². The number of allylic oxidation sites excluding steroid dienone is 2. The van der Waals surface area contributed by atoms with Crippen molar-refractivity contribution in [3.63, 3.8) is 0 Å². The second-order valence-electron chi connectivity index (χ2n) is 15.2. The van der Waals surface area contributed by atoms with Crippen molar-refractivity contribution in [2.24, 2.45) is 11.8 Å². The van der Waals surface area contributed by atoms with Gasteiger partial charge in [0.25, 0.3) is 0 Å². The Morgan fingerprint density at radius 3 is 2.32 bits per heavy atom. The zero-order valence-electron chi connectivity index (χ0n) is 32.8. The van der Waals surface area contributed by atoms with Crippen LogP contribution >= 0.6 is 0 Å². The van der Waals surface area contributed by atoms with Crippen molar-refractivity contribution >= 4 is 11.9 Å². The fraction of sp³-hybridized carbons (Fsp3) is 0.842. The zero-order chi connectivity index (χ0) is 39.6. The standard InChI is InChI=1S/C38H65NO14/c1-10-28(42)51-27-19-29(43)48-22(3)14-12-11-13-15-26(41)21(2)18-25(16-17-40)34(35(27)47-9)53-37-32(44)31(39(7)8)33(23(4)50-37)52-30-20-38(6,46)36(45)24(5)49-30/h11-13,15,21-27,30-37,40-41,44-46H,10,14,16-20H2,1-9H3/b12-11+,15-13+/t21-,22-,23-,24+,25+,26+,27-,30+,31-,32-,33-,34+,35+,36+,37+,38-/m1/s1. The van der Waals surface area contributed by atoms with Gasteiger partial charge in [0.1, 0.15) is 36.6 Å². The van der Waals surface area contributed by atoms with E-state index >= 15 is 0 Å². The molecule has 0 aromatic carbocycles. The summed E-state index contributed by atoms with van der Waals surface area (Å²) in [5, 5.41) is 54.6. The lowest BCUT2D eigenvalue weighted by molar-refractivity contribution is -0.344. The number of nitrogens with zero attached hydrogens (tertiary/aromatic N) is 1. The number of carbonyl (C=O) groups is 2. The van der Waals surface area contributed by atoms with E-state index in [1.165, 1.54) is 14.0 Å². The van der Waals surface area contributed by atoms with Crippen LogP contribution in [0.3, 0.4) is 0 Å². The van der Waals surface area contributed by atoms with Crippen LogP contribution < -0.4 is 0 Å². The highest BCUT2D eigenvalue weighted by atomic mass is 16.7. The second-order valence-corrected chi connectivity index (χ2v) is 15.2. The number of carbonyl (C=O) groups excluding carboxylic acids is 2. The molecule has 2 saturated heterocycles. The van der Waals surface area contributed by atoms with Gasteiger partial charge >= 0.3 is 11.9 Å². The van der Waals surface area contributed by atoms with Crippen LogP contribution in [0, 0.1) is 11.8 Å². The lowest BCUT2D eigenvalue weighted by Gasteiger charge is -2.50. The summed E-state index contributed by atoms with van der Waals surface area (Å²) in [4.78, 5) is 27.8. The topological polar surface area (TPSA) is 203 Å². The van der Waals surface area contributed by atoms with E-state index in [4.69, 9.17) is 33.2 Å². The monoisotopic (exact) mass is 759 g/mol. The van der Waals surface area contributed by atoms with Crippen LogP contribution in [-0.4, -0.2) is 155 Å². The summed E-state index contributed by atoms with van der Waals surface area (Å²) < 4.78 is 42.8. The van der Waals surface area contributed by atoms with E-state index in [1.54, 1.807) is 64.9 Å². The molecule has 2 fully saturated rings. The van der Waals surface area contributed by atoms with Crippen LogP contribution in [0.4, 0.5) is 0 Å². The minimum atomic E-state index is -1.47. The van der Waals surface area contributed by atoms with Crippen molar-refractivity contribution in [2.45, 2.75) is 165 Å².